The van der Waals surface area contributed by atoms with E-state index in [1.54, 1.807) is 34.6 Å². The van der Waals surface area contributed by atoms with Gasteiger partial charge in [0, 0.05) is 0 Å². The minimum atomic E-state index is -1.19. The van der Waals surface area contributed by atoms with Crippen molar-refractivity contribution in [3.63, 3.8) is 0 Å². The van der Waals surface area contributed by atoms with Crippen LogP contribution in [0.15, 0.2) is 43.0 Å². The summed E-state index contributed by atoms with van der Waals surface area (Å²) in [5.74, 6) is -1.99. The Hall–Kier alpha value is -2.63. The van der Waals surface area contributed by atoms with E-state index in [9.17, 15) is 19.5 Å². The summed E-state index contributed by atoms with van der Waals surface area (Å²) in [7, 11) is 0. The molecule has 0 aliphatic rings. The Morgan fingerprint density at radius 1 is 0.967 bits per heavy atom. The summed E-state index contributed by atoms with van der Waals surface area (Å²) in [5.41, 5.74) is -2.49. The standard InChI is InChI=1S/C24H34O6/c1-7-14-29-21(28)24(6,17-23(5,8-2)19(25)26)16-22(3,4)20(27)30-15-18-12-10-9-11-13-18/h7,9-13H,1,8,14-17H2,2-6H3,(H,25,26). The topological polar surface area (TPSA) is 89.9 Å². The van der Waals surface area contributed by atoms with Gasteiger partial charge in [-0.05, 0) is 52.5 Å². The lowest BCUT2D eigenvalue weighted by atomic mass is 9.65. The summed E-state index contributed by atoms with van der Waals surface area (Å²) in [6, 6.07) is 9.31. The lowest BCUT2D eigenvalue weighted by Crippen LogP contribution is -2.44. The fraction of sp³-hybridized carbons (Fsp3) is 0.542. The maximum absolute atomic E-state index is 12.9. The zero-order valence-corrected chi connectivity index (χ0v) is 18.7. The van der Waals surface area contributed by atoms with E-state index in [0.29, 0.717) is 6.42 Å². The average molecular weight is 419 g/mol. The van der Waals surface area contributed by atoms with Gasteiger partial charge in [0.1, 0.15) is 13.2 Å². The first-order valence-corrected chi connectivity index (χ1v) is 10.1. The van der Waals surface area contributed by atoms with Crippen molar-refractivity contribution in [1.29, 1.82) is 0 Å². The number of carbonyl (C=O) groups is 3. The number of hydrogen-bond donors (Lipinski definition) is 1. The van der Waals surface area contributed by atoms with Gasteiger partial charge in [0.15, 0.2) is 0 Å². The monoisotopic (exact) mass is 418 g/mol. The second kappa shape index (κ2) is 10.4. The zero-order valence-electron chi connectivity index (χ0n) is 18.7. The summed E-state index contributed by atoms with van der Waals surface area (Å²) in [4.78, 5) is 37.6. The normalized spacial score (nSPS) is 15.4. The van der Waals surface area contributed by atoms with Crippen LogP contribution in [-0.2, 0) is 30.5 Å². The third-order valence-corrected chi connectivity index (χ3v) is 5.50. The summed E-state index contributed by atoms with van der Waals surface area (Å²) in [6.07, 6.45) is 1.92. The van der Waals surface area contributed by atoms with Crippen LogP contribution in [0.2, 0.25) is 0 Å². The van der Waals surface area contributed by atoms with Crippen LogP contribution in [0.4, 0.5) is 0 Å². The molecule has 1 aromatic carbocycles. The van der Waals surface area contributed by atoms with Crippen LogP contribution in [0.25, 0.3) is 0 Å². The van der Waals surface area contributed by atoms with E-state index < -0.39 is 34.2 Å². The fourth-order valence-corrected chi connectivity index (χ4v) is 3.69. The number of carbonyl (C=O) groups excluding carboxylic acids is 2. The highest BCUT2D eigenvalue weighted by Crippen LogP contribution is 2.45. The largest absolute Gasteiger partial charge is 0.481 e. The van der Waals surface area contributed by atoms with Gasteiger partial charge < -0.3 is 14.6 Å². The Morgan fingerprint density at radius 3 is 2.07 bits per heavy atom. The van der Waals surface area contributed by atoms with Gasteiger partial charge in [-0.25, -0.2) is 0 Å². The van der Waals surface area contributed by atoms with E-state index in [1.165, 1.54) is 6.08 Å². The first-order chi connectivity index (χ1) is 13.9. The predicted octanol–water partition coefficient (Wildman–Crippen LogP) is 4.77. The molecule has 6 heteroatoms. The molecule has 0 amide bonds. The lowest BCUT2D eigenvalue weighted by Gasteiger charge is -2.39. The molecule has 0 saturated carbocycles. The number of hydrogen-bond acceptors (Lipinski definition) is 5. The molecule has 30 heavy (non-hydrogen) atoms. The SMILES string of the molecule is C=CCOC(=O)C(C)(CC(C)(C)C(=O)OCc1ccccc1)CC(C)(CC)C(=O)O. The van der Waals surface area contributed by atoms with E-state index in [1.807, 2.05) is 30.3 Å². The van der Waals surface area contributed by atoms with Gasteiger partial charge in [0.2, 0.25) is 0 Å². The quantitative estimate of drug-likeness (QED) is 0.388. The van der Waals surface area contributed by atoms with Crippen molar-refractivity contribution in [3.05, 3.63) is 48.6 Å². The summed E-state index contributed by atoms with van der Waals surface area (Å²) < 4.78 is 10.8. The Morgan fingerprint density at radius 2 is 1.57 bits per heavy atom. The number of rotatable bonds is 12. The van der Waals surface area contributed by atoms with Gasteiger partial charge in [0.25, 0.3) is 0 Å². The van der Waals surface area contributed by atoms with Crippen molar-refractivity contribution >= 4 is 17.9 Å². The van der Waals surface area contributed by atoms with E-state index in [2.05, 4.69) is 6.58 Å². The van der Waals surface area contributed by atoms with Gasteiger partial charge in [-0.1, -0.05) is 49.9 Å². The minimum Gasteiger partial charge on any atom is -0.481 e. The first-order valence-electron chi connectivity index (χ1n) is 10.1. The number of benzene rings is 1. The molecule has 1 rings (SSSR count). The van der Waals surface area contributed by atoms with Crippen molar-refractivity contribution in [3.8, 4) is 0 Å². The second-order valence-electron chi connectivity index (χ2n) is 8.97. The molecule has 0 aromatic heterocycles. The molecule has 166 valence electrons. The molecule has 1 aromatic rings. The molecular formula is C24H34O6. The van der Waals surface area contributed by atoms with E-state index in [4.69, 9.17) is 9.47 Å². The molecule has 0 spiro atoms. The molecule has 0 saturated heterocycles. The van der Waals surface area contributed by atoms with Gasteiger partial charge in [-0.3, -0.25) is 14.4 Å². The molecule has 0 aliphatic heterocycles. The first kappa shape index (κ1) is 25.4. The van der Waals surface area contributed by atoms with Crippen LogP contribution in [0.5, 0.6) is 0 Å². The Labute approximate surface area is 179 Å². The lowest BCUT2D eigenvalue weighted by molar-refractivity contribution is -0.167. The third kappa shape index (κ3) is 6.71. The van der Waals surface area contributed by atoms with Gasteiger partial charge in [0.05, 0.1) is 16.2 Å². The summed E-state index contributed by atoms with van der Waals surface area (Å²) in [6.45, 7) is 12.1. The van der Waals surface area contributed by atoms with E-state index >= 15 is 0 Å². The Bertz CT molecular complexity index is 754. The van der Waals surface area contributed by atoms with Crippen LogP contribution >= 0.6 is 0 Å². The van der Waals surface area contributed by atoms with Crippen molar-refractivity contribution in [2.24, 2.45) is 16.2 Å². The maximum atomic E-state index is 12.9. The minimum absolute atomic E-state index is 0.0171. The average Bonchev–Trinajstić information content (AvgIpc) is 2.70. The predicted molar refractivity (Wildman–Crippen MR) is 115 cm³/mol. The Balaban J connectivity index is 3.07. The number of aliphatic carboxylic acids is 1. The van der Waals surface area contributed by atoms with Gasteiger partial charge in [-0.15, -0.1) is 0 Å². The molecule has 6 nitrogen and oxygen atoms in total. The zero-order chi connectivity index (χ0) is 23.0. The van der Waals surface area contributed by atoms with Crippen LogP contribution in [-0.4, -0.2) is 29.6 Å². The van der Waals surface area contributed by atoms with Crippen LogP contribution in [0.3, 0.4) is 0 Å². The van der Waals surface area contributed by atoms with Crippen LogP contribution < -0.4 is 0 Å². The van der Waals surface area contributed by atoms with Crippen molar-refractivity contribution in [2.75, 3.05) is 6.61 Å². The molecule has 0 radical (unpaired) electrons. The smallest absolute Gasteiger partial charge is 0.312 e. The molecule has 2 unspecified atom stereocenters. The summed E-state index contributed by atoms with van der Waals surface area (Å²) in [5, 5.41) is 9.71. The molecule has 1 N–H and O–H groups in total. The number of esters is 2. The van der Waals surface area contributed by atoms with Crippen molar-refractivity contribution < 1.29 is 29.0 Å². The maximum Gasteiger partial charge on any atom is 0.312 e. The number of ether oxygens (including phenoxy) is 2. The molecule has 0 heterocycles. The molecule has 0 bridgehead atoms. The van der Waals surface area contributed by atoms with Gasteiger partial charge in [-0.2, -0.15) is 0 Å². The van der Waals surface area contributed by atoms with Gasteiger partial charge >= 0.3 is 17.9 Å². The van der Waals surface area contributed by atoms with E-state index in [-0.39, 0.29) is 26.1 Å². The highest BCUT2D eigenvalue weighted by Gasteiger charge is 2.49. The number of carboxylic acid groups (broad SMARTS) is 1. The summed E-state index contributed by atoms with van der Waals surface area (Å²) >= 11 is 0. The molecule has 0 aliphatic carbocycles. The second-order valence-corrected chi connectivity index (χ2v) is 8.97. The van der Waals surface area contributed by atoms with E-state index in [0.717, 1.165) is 5.56 Å². The van der Waals surface area contributed by atoms with Crippen molar-refractivity contribution in [1.82, 2.24) is 0 Å². The highest BCUT2D eigenvalue weighted by molar-refractivity contribution is 5.82. The molecule has 2 atom stereocenters. The van der Waals surface area contributed by atoms with Crippen LogP contribution in [0.1, 0.15) is 59.4 Å². The number of carboxylic acids is 1. The fourth-order valence-electron chi connectivity index (χ4n) is 3.69. The van der Waals surface area contributed by atoms with Crippen LogP contribution in [0, 0.1) is 16.2 Å². The van der Waals surface area contributed by atoms with Crippen molar-refractivity contribution in [2.45, 2.75) is 60.5 Å². The highest BCUT2D eigenvalue weighted by atomic mass is 16.5. The third-order valence-electron chi connectivity index (χ3n) is 5.50. The Kier molecular flexibility index (Phi) is 8.82. The molecular weight excluding hydrogens is 384 g/mol. The molecule has 0 fully saturated rings.